The van der Waals surface area contributed by atoms with Crippen LogP contribution in [-0.4, -0.2) is 76.3 Å². The molecule has 0 aliphatic carbocycles. The first-order chi connectivity index (χ1) is 21.9. The summed E-state index contributed by atoms with van der Waals surface area (Å²) in [5.74, 6) is -0.628. The Bertz CT molecular complexity index is 1820. The van der Waals surface area contributed by atoms with Crippen LogP contribution in [0.1, 0.15) is 50.5 Å². The van der Waals surface area contributed by atoms with Crippen molar-refractivity contribution in [2.45, 2.75) is 69.1 Å². The van der Waals surface area contributed by atoms with Gasteiger partial charge in [0.1, 0.15) is 35.6 Å². The summed E-state index contributed by atoms with van der Waals surface area (Å²) in [7, 11) is 0. The first kappa shape index (κ1) is 28.5. The number of nitrogens with one attached hydrogen (secondary N) is 1. The van der Waals surface area contributed by atoms with Gasteiger partial charge >= 0.3 is 6.01 Å². The number of nitrogens with zero attached hydrogens (tertiary/aromatic N) is 5. The van der Waals surface area contributed by atoms with E-state index in [-0.39, 0.29) is 42.2 Å². The molecule has 0 unspecified atom stereocenters. The van der Waals surface area contributed by atoms with E-state index < -0.39 is 23.3 Å². The zero-order valence-corrected chi connectivity index (χ0v) is 25.0. The molecule has 7 heterocycles. The number of piperidine rings is 1. The summed E-state index contributed by atoms with van der Waals surface area (Å²) in [5, 5.41) is 4.91. The Morgan fingerprint density at radius 1 is 1.04 bits per heavy atom. The van der Waals surface area contributed by atoms with E-state index in [1.165, 1.54) is 6.07 Å². The van der Waals surface area contributed by atoms with E-state index in [9.17, 15) is 9.18 Å². The molecule has 2 aromatic carbocycles. The van der Waals surface area contributed by atoms with Gasteiger partial charge in [-0.3, -0.25) is 14.7 Å². The topological polar surface area (TPSA) is 83.5 Å². The summed E-state index contributed by atoms with van der Waals surface area (Å²) in [4.78, 5) is 31.2. The molecule has 9 rings (SSSR count). The predicted molar refractivity (Wildman–Crippen MR) is 165 cm³/mol. The third-order valence-electron chi connectivity index (χ3n) is 10.1. The maximum Gasteiger partial charge on any atom is 0.319 e. The predicted octanol–water partition coefficient (Wildman–Crippen LogP) is 5.50. The van der Waals surface area contributed by atoms with Gasteiger partial charge in [0, 0.05) is 50.3 Å². The van der Waals surface area contributed by atoms with Gasteiger partial charge < -0.3 is 15.0 Å². The van der Waals surface area contributed by atoms with Crippen molar-refractivity contribution >= 4 is 33.4 Å². The summed E-state index contributed by atoms with van der Waals surface area (Å²) in [5.41, 5.74) is 0.595. The number of ether oxygens (including phenoxy) is 1. The van der Waals surface area contributed by atoms with Crippen molar-refractivity contribution in [3.63, 3.8) is 0 Å². The highest BCUT2D eigenvalue weighted by Crippen LogP contribution is 2.41. The molecule has 6 bridgehead atoms. The van der Waals surface area contributed by atoms with Crippen molar-refractivity contribution in [3.8, 4) is 17.3 Å². The van der Waals surface area contributed by atoms with Gasteiger partial charge in [0.15, 0.2) is 5.82 Å². The van der Waals surface area contributed by atoms with Crippen molar-refractivity contribution in [1.82, 2.24) is 25.2 Å². The van der Waals surface area contributed by atoms with Gasteiger partial charge in [0.05, 0.1) is 10.9 Å². The van der Waals surface area contributed by atoms with Crippen LogP contribution in [0.3, 0.4) is 0 Å². The lowest BCUT2D eigenvalue weighted by Crippen LogP contribution is -2.48. The molecule has 0 saturated carbocycles. The summed E-state index contributed by atoms with van der Waals surface area (Å²) >= 11 is 0. The molecule has 3 atom stereocenters. The fourth-order valence-corrected chi connectivity index (χ4v) is 8.05. The molecule has 5 aliphatic heterocycles. The number of amides is 1. The number of hydrogen-bond acceptors (Lipinski definition) is 7. The van der Waals surface area contributed by atoms with Crippen LogP contribution in [0.5, 0.6) is 6.01 Å². The maximum absolute atomic E-state index is 16.8. The van der Waals surface area contributed by atoms with Gasteiger partial charge in [-0.15, -0.1) is 0 Å². The fourth-order valence-electron chi connectivity index (χ4n) is 8.05. The number of aryl methyl sites for hydroxylation is 1. The minimum absolute atomic E-state index is 0.0222. The molecule has 0 radical (unpaired) electrons. The average molecular weight is 617 g/mol. The Kier molecular flexibility index (Phi) is 7.04. The van der Waals surface area contributed by atoms with Gasteiger partial charge in [0.25, 0.3) is 0 Å². The standard InChI is InChI=1S/C34H35F3N6O2/c35-21-15-34(12-4-14-43(34)17-21)19-45-33-40-31-25-16-38-30(29(31)37)24-8-1-5-20-10-11-26(36)23(28(20)24)7-2-9-27(44)39-22-6-3-13-42(18-22)32(25)41-33/h1,5,8,10-11,16,21-22H,2-4,6-7,9,12-15,17-19H2,(H,39,44)/t21-,22-,34+/m1/s1. The highest BCUT2D eigenvalue weighted by molar-refractivity contribution is 6.01. The van der Waals surface area contributed by atoms with Crippen LogP contribution in [0, 0.1) is 11.6 Å². The third-order valence-corrected chi connectivity index (χ3v) is 10.1. The molecule has 5 aliphatic rings. The van der Waals surface area contributed by atoms with Crippen molar-refractivity contribution in [2.24, 2.45) is 0 Å². The molecule has 3 saturated heterocycles. The monoisotopic (exact) mass is 616 g/mol. The molecule has 1 N–H and O–H groups in total. The Hall–Kier alpha value is -3.99. The van der Waals surface area contributed by atoms with Crippen LogP contribution < -0.4 is 15.0 Å². The third kappa shape index (κ3) is 4.95. The van der Waals surface area contributed by atoms with E-state index in [4.69, 9.17) is 9.72 Å². The second kappa shape index (κ2) is 11.1. The van der Waals surface area contributed by atoms with Crippen LogP contribution in [0.4, 0.5) is 19.0 Å². The molecule has 45 heavy (non-hydrogen) atoms. The molecule has 8 nitrogen and oxygen atoms in total. The number of hydrogen-bond donors (Lipinski definition) is 1. The summed E-state index contributed by atoms with van der Waals surface area (Å²) < 4.78 is 52.9. The lowest BCUT2D eigenvalue weighted by Gasteiger charge is -2.35. The first-order valence-electron chi connectivity index (χ1n) is 16.0. The van der Waals surface area contributed by atoms with E-state index in [1.807, 2.05) is 11.0 Å². The van der Waals surface area contributed by atoms with Gasteiger partial charge in [-0.05, 0) is 67.5 Å². The molecule has 4 aromatic rings. The largest absolute Gasteiger partial charge is 0.461 e. The van der Waals surface area contributed by atoms with E-state index in [2.05, 4.69) is 20.2 Å². The molecule has 3 fully saturated rings. The van der Waals surface area contributed by atoms with Crippen LogP contribution in [-0.2, 0) is 11.2 Å². The Morgan fingerprint density at radius 3 is 2.87 bits per heavy atom. The van der Waals surface area contributed by atoms with Crippen molar-refractivity contribution in [2.75, 3.05) is 37.7 Å². The van der Waals surface area contributed by atoms with Gasteiger partial charge in [-0.25, -0.2) is 13.2 Å². The van der Waals surface area contributed by atoms with Crippen LogP contribution in [0.25, 0.3) is 32.9 Å². The Balaban J connectivity index is 1.30. The number of carbonyl (C=O) groups is 1. The summed E-state index contributed by atoms with van der Waals surface area (Å²) in [6.45, 7) is 2.58. The number of benzene rings is 2. The van der Waals surface area contributed by atoms with E-state index >= 15 is 8.78 Å². The zero-order chi connectivity index (χ0) is 30.7. The number of halogens is 3. The average Bonchev–Trinajstić information content (AvgIpc) is 3.56. The second-order valence-electron chi connectivity index (χ2n) is 13.0. The summed E-state index contributed by atoms with van der Waals surface area (Å²) in [6, 6.07) is 8.41. The number of rotatable bonds is 3. The van der Waals surface area contributed by atoms with Crippen molar-refractivity contribution < 1.29 is 22.7 Å². The lowest BCUT2D eigenvalue weighted by atomic mass is 9.93. The smallest absolute Gasteiger partial charge is 0.319 e. The Labute approximate surface area is 259 Å². The van der Waals surface area contributed by atoms with Gasteiger partial charge in [-0.2, -0.15) is 9.97 Å². The van der Waals surface area contributed by atoms with Crippen molar-refractivity contribution in [1.29, 1.82) is 0 Å². The first-order valence-corrected chi connectivity index (χ1v) is 16.0. The van der Waals surface area contributed by atoms with Crippen LogP contribution >= 0.6 is 0 Å². The quantitative estimate of drug-likeness (QED) is 0.326. The molecule has 2 aromatic heterocycles. The number of pyridine rings is 1. The number of carbonyl (C=O) groups excluding carboxylic acids is 1. The highest BCUT2D eigenvalue weighted by Gasteiger charge is 2.49. The fraction of sp³-hybridized carbons (Fsp3) is 0.471. The SMILES string of the molecule is O=C1CCCc2c(F)ccc3cccc(c23)-c2ncc3c(nc(OC[C@@]45CCCN4C[C@H](F)C5)nc3c2F)N2CCC[C@H](C2)N1. The number of alkyl halides is 1. The number of fused-ring (bicyclic) bond motifs is 6. The van der Waals surface area contributed by atoms with Crippen LogP contribution in [0.2, 0.25) is 0 Å². The second-order valence-corrected chi connectivity index (χ2v) is 13.0. The van der Waals surface area contributed by atoms with Gasteiger partial charge in [0.2, 0.25) is 5.91 Å². The normalized spacial score (nSPS) is 25.3. The lowest BCUT2D eigenvalue weighted by molar-refractivity contribution is -0.121. The number of aromatic nitrogens is 3. The van der Waals surface area contributed by atoms with E-state index in [1.54, 1.807) is 24.4 Å². The molecular formula is C34H35F3N6O2. The molecule has 1 amide bonds. The minimum atomic E-state index is -0.907. The van der Waals surface area contributed by atoms with Gasteiger partial charge in [-0.1, -0.05) is 24.3 Å². The number of anilines is 1. The Morgan fingerprint density at radius 2 is 1.96 bits per heavy atom. The van der Waals surface area contributed by atoms with Crippen LogP contribution in [0.15, 0.2) is 36.5 Å². The molecule has 11 heteroatoms. The molecule has 234 valence electrons. The summed E-state index contributed by atoms with van der Waals surface area (Å²) in [6.07, 6.45) is 5.49. The maximum atomic E-state index is 16.8. The van der Waals surface area contributed by atoms with E-state index in [0.717, 1.165) is 37.6 Å². The highest BCUT2D eigenvalue weighted by atomic mass is 19.1. The molecular weight excluding hydrogens is 581 g/mol. The zero-order valence-electron chi connectivity index (χ0n) is 25.0. The van der Waals surface area contributed by atoms with E-state index in [0.29, 0.717) is 66.6 Å². The minimum Gasteiger partial charge on any atom is -0.461 e. The van der Waals surface area contributed by atoms with Crippen molar-refractivity contribution in [3.05, 3.63) is 53.7 Å². The molecule has 0 spiro atoms.